The van der Waals surface area contributed by atoms with Crippen LogP contribution in [-0.4, -0.2) is 48.9 Å². The molecule has 1 fully saturated rings. The Morgan fingerprint density at radius 1 is 1.35 bits per heavy atom. The standard InChI is InChI=1S/C17H19FN4O3S/c1-22(13-6-7-26(24,25)10-13)16-8-15(20-11-21-16)17(23)19-9-12-4-2-3-5-14(12)18/h2-5,8,11,13H,6-7,9-10H2,1H3,(H,19,23). The van der Waals surface area contributed by atoms with E-state index in [0.29, 0.717) is 17.8 Å². The van der Waals surface area contributed by atoms with Crippen molar-refractivity contribution in [1.82, 2.24) is 15.3 Å². The van der Waals surface area contributed by atoms with Crippen molar-refractivity contribution in [2.45, 2.75) is 19.0 Å². The molecule has 1 saturated heterocycles. The lowest BCUT2D eigenvalue weighted by Crippen LogP contribution is -2.33. The fourth-order valence-corrected chi connectivity index (χ4v) is 4.61. The minimum Gasteiger partial charge on any atom is -0.356 e. The number of hydrogen-bond acceptors (Lipinski definition) is 6. The summed E-state index contributed by atoms with van der Waals surface area (Å²) in [6.07, 6.45) is 1.78. The number of nitrogens with one attached hydrogen (secondary N) is 1. The van der Waals surface area contributed by atoms with Gasteiger partial charge in [-0.1, -0.05) is 18.2 Å². The molecule has 0 saturated carbocycles. The van der Waals surface area contributed by atoms with Crippen LogP contribution < -0.4 is 10.2 Å². The minimum absolute atomic E-state index is 0.0432. The summed E-state index contributed by atoms with van der Waals surface area (Å²) < 4.78 is 36.9. The Labute approximate surface area is 151 Å². The molecule has 1 aliphatic heterocycles. The molecule has 0 aliphatic carbocycles. The number of aromatic nitrogens is 2. The topological polar surface area (TPSA) is 92.3 Å². The Morgan fingerprint density at radius 3 is 2.81 bits per heavy atom. The van der Waals surface area contributed by atoms with E-state index in [9.17, 15) is 17.6 Å². The Kier molecular flexibility index (Phi) is 5.17. The molecule has 1 aromatic heterocycles. The summed E-state index contributed by atoms with van der Waals surface area (Å²) in [4.78, 5) is 22.1. The van der Waals surface area contributed by atoms with Gasteiger partial charge in [0.15, 0.2) is 9.84 Å². The third kappa shape index (κ3) is 4.16. The number of anilines is 1. The molecule has 7 nitrogen and oxygen atoms in total. The first-order chi connectivity index (χ1) is 12.4. The van der Waals surface area contributed by atoms with Gasteiger partial charge < -0.3 is 10.2 Å². The van der Waals surface area contributed by atoms with Crippen LogP contribution in [0.25, 0.3) is 0 Å². The normalized spacial score (nSPS) is 18.5. The van der Waals surface area contributed by atoms with Crippen molar-refractivity contribution < 1.29 is 17.6 Å². The lowest BCUT2D eigenvalue weighted by Gasteiger charge is -2.24. The molecule has 1 amide bonds. The van der Waals surface area contributed by atoms with Crippen LogP contribution in [0.1, 0.15) is 22.5 Å². The number of amides is 1. The van der Waals surface area contributed by atoms with Crippen molar-refractivity contribution in [3.63, 3.8) is 0 Å². The molecule has 0 radical (unpaired) electrons. The van der Waals surface area contributed by atoms with Gasteiger partial charge in [0.05, 0.1) is 11.5 Å². The van der Waals surface area contributed by atoms with E-state index in [-0.39, 0.29) is 29.8 Å². The third-order valence-corrected chi connectivity index (χ3v) is 6.15. The molecule has 2 heterocycles. The van der Waals surface area contributed by atoms with E-state index in [4.69, 9.17) is 0 Å². The summed E-state index contributed by atoms with van der Waals surface area (Å²) in [7, 11) is -1.27. The molecular formula is C17H19FN4O3S. The highest BCUT2D eigenvalue weighted by atomic mass is 32.2. The smallest absolute Gasteiger partial charge is 0.270 e. The molecule has 138 valence electrons. The van der Waals surface area contributed by atoms with E-state index in [1.807, 2.05) is 0 Å². The van der Waals surface area contributed by atoms with Gasteiger partial charge in [-0.25, -0.2) is 22.8 Å². The minimum atomic E-state index is -3.02. The van der Waals surface area contributed by atoms with Gasteiger partial charge in [-0.05, 0) is 12.5 Å². The molecular weight excluding hydrogens is 359 g/mol. The van der Waals surface area contributed by atoms with Gasteiger partial charge in [-0.3, -0.25) is 4.79 Å². The van der Waals surface area contributed by atoms with E-state index >= 15 is 0 Å². The number of carbonyl (C=O) groups is 1. The number of benzene rings is 1. The van der Waals surface area contributed by atoms with Gasteiger partial charge in [0.25, 0.3) is 5.91 Å². The van der Waals surface area contributed by atoms with E-state index in [2.05, 4.69) is 15.3 Å². The van der Waals surface area contributed by atoms with Crippen molar-refractivity contribution in [3.8, 4) is 0 Å². The number of sulfone groups is 1. The number of hydrogen-bond donors (Lipinski definition) is 1. The first-order valence-corrected chi connectivity index (χ1v) is 9.95. The Hall–Kier alpha value is -2.55. The average Bonchev–Trinajstić information content (AvgIpc) is 3.00. The van der Waals surface area contributed by atoms with Crippen molar-refractivity contribution in [2.75, 3.05) is 23.5 Å². The van der Waals surface area contributed by atoms with Gasteiger partial charge in [0, 0.05) is 31.3 Å². The summed E-state index contributed by atoms with van der Waals surface area (Å²) in [5.74, 6) is -0.147. The molecule has 26 heavy (non-hydrogen) atoms. The first-order valence-electron chi connectivity index (χ1n) is 8.12. The Bertz CT molecular complexity index is 920. The highest BCUT2D eigenvalue weighted by Crippen LogP contribution is 2.21. The number of halogens is 1. The second kappa shape index (κ2) is 7.36. The third-order valence-electron chi connectivity index (χ3n) is 4.40. The fraction of sp³-hybridized carbons (Fsp3) is 0.353. The highest BCUT2D eigenvalue weighted by molar-refractivity contribution is 7.91. The zero-order valence-electron chi connectivity index (χ0n) is 14.2. The van der Waals surface area contributed by atoms with Crippen LogP contribution in [0.15, 0.2) is 36.7 Å². The molecule has 1 aliphatic rings. The Balaban J connectivity index is 1.68. The molecule has 1 N–H and O–H groups in total. The second-order valence-electron chi connectivity index (χ2n) is 6.20. The molecule has 1 atom stereocenters. The second-order valence-corrected chi connectivity index (χ2v) is 8.43. The molecule has 9 heteroatoms. The zero-order chi connectivity index (χ0) is 18.7. The summed E-state index contributed by atoms with van der Waals surface area (Å²) in [5, 5.41) is 2.62. The summed E-state index contributed by atoms with van der Waals surface area (Å²) in [6.45, 7) is 0.0432. The zero-order valence-corrected chi connectivity index (χ0v) is 15.0. The van der Waals surface area contributed by atoms with Gasteiger partial charge in [0.2, 0.25) is 0 Å². The van der Waals surface area contributed by atoms with Gasteiger partial charge in [0.1, 0.15) is 23.7 Å². The quantitative estimate of drug-likeness (QED) is 0.840. The SMILES string of the molecule is CN(c1cc(C(=O)NCc2ccccc2F)ncn1)C1CCS(=O)(=O)C1. The molecule has 0 bridgehead atoms. The Morgan fingerprint density at radius 2 is 2.12 bits per heavy atom. The molecule has 1 aromatic carbocycles. The fourth-order valence-electron chi connectivity index (χ4n) is 2.84. The summed E-state index contributed by atoms with van der Waals surface area (Å²) in [6, 6.07) is 7.52. The van der Waals surface area contributed by atoms with E-state index in [0.717, 1.165) is 0 Å². The maximum absolute atomic E-state index is 13.6. The molecule has 1 unspecified atom stereocenters. The van der Waals surface area contributed by atoms with Crippen LogP contribution in [0.3, 0.4) is 0 Å². The maximum Gasteiger partial charge on any atom is 0.270 e. The number of carbonyl (C=O) groups excluding carboxylic acids is 1. The molecule has 2 aromatic rings. The highest BCUT2D eigenvalue weighted by Gasteiger charge is 2.31. The number of nitrogens with zero attached hydrogens (tertiary/aromatic N) is 3. The monoisotopic (exact) mass is 378 g/mol. The van der Waals surface area contributed by atoms with E-state index in [1.165, 1.54) is 18.5 Å². The van der Waals surface area contributed by atoms with Crippen molar-refractivity contribution >= 4 is 21.6 Å². The molecule has 3 rings (SSSR count). The van der Waals surface area contributed by atoms with Crippen LogP contribution in [0.4, 0.5) is 10.2 Å². The van der Waals surface area contributed by atoms with Crippen molar-refractivity contribution in [3.05, 3.63) is 53.7 Å². The van der Waals surface area contributed by atoms with E-state index in [1.54, 1.807) is 30.1 Å². The van der Waals surface area contributed by atoms with Gasteiger partial charge in [-0.15, -0.1) is 0 Å². The van der Waals surface area contributed by atoms with Crippen LogP contribution >= 0.6 is 0 Å². The van der Waals surface area contributed by atoms with Crippen LogP contribution in [0.5, 0.6) is 0 Å². The first kappa shape index (κ1) is 18.2. The van der Waals surface area contributed by atoms with Crippen molar-refractivity contribution in [1.29, 1.82) is 0 Å². The van der Waals surface area contributed by atoms with Crippen LogP contribution in [0, 0.1) is 5.82 Å². The lowest BCUT2D eigenvalue weighted by atomic mass is 10.2. The maximum atomic E-state index is 13.6. The van der Waals surface area contributed by atoms with E-state index < -0.39 is 21.6 Å². The van der Waals surface area contributed by atoms with Crippen LogP contribution in [-0.2, 0) is 16.4 Å². The molecule has 0 spiro atoms. The van der Waals surface area contributed by atoms with Crippen molar-refractivity contribution in [2.24, 2.45) is 0 Å². The van der Waals surface area contributed by atoms with Crippen LogP contribution in [0.2, 0.25) is 0 Å². The summed E-state index contributed by atoms with van der Waals surface area (Å²) >= 11 is 0. The largest absolute Gasteiger partial charge is 0.356 e. The predicted octanol–water partition coefficient (Wildman–Crippen LogP) is 1.17. The summed E-state index contributed by atoms with van der Waals surface area (Å²) in [5.41, 5.74) is 0.516. The lowest BCUT2D eigenvalue weighted by molar-refractivity contribution is 0.0945. The predicted molar refractivity (Wildman–Crippen MR) is 95.1 cm³/mol. The number of rotatable bonds is 5. The average molecular weight is 378 g/mol. The van der Waals surface area contributed by atoms with Gasteiger partial charge >= 0.3 is 0 Å². The van der Waals surface area contributed by atoms with Gasteiger partial charge in [-0.2, -0.15) is 0 Å².